The third-order valence-electron chi connectivity index (χ3n) is 5.00. The van der Waals surface area contributed by atoms with Crippen LogP contribution in [0.25, 0.3) is 6.08 Å². The fourth-order valence-corrected chi connectivity index (χ4v) is 3.45. The molecule has 1 N–H and O–H groups in total. The van der Waals surface area contributed by atoms with E-state index < -0.39 is 5.82 Å². The fourth-order valence-electron chi connectivity index (χ4n) is 3.45. The molecule has 0 spiro atoms. The number of benzene rings is 1. The zero-order chi connectivity index (χ0) is 22.2. The molecule has 1 aromatic heterocycles. The van der Waals surface area contributed by atoms with Crippen molar-refractivity contribution in [2.45, 2.75) is 37.8 Å². The highest BCUT2D eigenvalue weighted by molar-refractivity contribution is 5.92. The second-order valence-electron chi connectivity index (χ2n) is 7.08. The molecule has 0 radical (unpaired) electrons. The lowest BCUT2D eigenvalue weighted by atomic mass is 9.93. The molecule has 1 aliphatic rings. The zero-order valence-electron chi connectivity index (χ0n) is 17.8. The predicted octanol–water partition coefficient (Wildman–Crippen LogP) is 3.16. The minimum absolute atomic E-state index is 0.0478. The Morgan fingerprint density at radius 2 is 1.65 bits per heavy atom. The monoisotopic (exact) mass is 431 g/mol. The molecule has 0 saturated heterocycles. The van der Waals surface area contributed by atoms with Crippen LogP contribution in [0.5, 0.6) is 23.3 Å². The van der Waals surface area contributed by atoms with Gasteiger partial charge < -0.3 is 24.3 Å². The van der Waals surface area contributed by atoms with E-state index in [4.69, 9.17) is 18.9 Å². The van der Waals surface area contributed by atoms with Gasteiger partial charge in [-0.25, -0.2) is 14.4 Å². The Balaban J connectivity index is 1.51. The molecule has 0 unspecified atom stereocenters. The fraction of sp³-hybridized carbons (Fsp3) is 0.409. The van der Waals surface area contributed by atoms with Gasteiger partial charge in [0.05, 0.1) is 33.7 Å². The summed E-state index contributed by atoms with van der Waals surface area (Å²) in [6, 6.07) is 3.77. The SMILES string of the molecule is COc1cc(/C=C/C(=O)NC2CCC(Oc3ncc(F)cn3)CC2)cc(OC)c1OC. The lowest BCUT2D eigenvalue weighted by molar-refractivity contribution is -0.117. The van der Waals surface area contributed by atoms with Gasteiger partial charge in [-0.2, -0.15) is 0 Å². The van der Waals surface area contributed by atoms with Crippen LogP contribution in [-0.2, 0) is 4.79 Å². The Kier molecular flexibility index (Phi) is 7.64. The number of halogens is 1. The summed E-state index contributed by atoms with van der Waals surface area (Å²) in [5.41, 5.74) is 0.751. The Morgan fingerprint density at radius 3 is 2.19 bits per heavy atom. The van der Waals surface area contributed by atoms with Crippen molar-refractivity contribution in [3.63, 3.8) is 0 Å². The van der Waals surface area contributed by atoms with Gasteiger partial charge in [0.25, 0.3) is 0 Å². The summed E-state index contributed by atoms with van der Waals surface area (Å²) in [6.07, 6.45) is 8.34. The molecule has 31 heavy (non-hydrogen) atoms. The maximum atomic E-state index is 12.9. The number of nitrogens with zero attached hydrogens (tertiary/aromatic N) is 2. The number of ether oxygens (including phenoxy) is 4. The van der Waals surface area contributed by atoms with Crippen molar-refractivity contribution in [2.24, 2.45) is 0 Å². The van der Waals surface area contributed by atoms with Crippen LogP contribution >= 0.6 is 0 Å². The lowest BCUT2D eigenvalue weighted by Crippen LogP contribution is -2.39. The van der Waals surface area contributed by atoms with Crippen LogP contribution in [0, 0.1) is 5.82 Å². The number of methoxy groups -OCH3 is 3. The van der Waals surface area contributed by atoms with E-state index in [0.717, 1.165) is 43.6 Å². The van der Waals surface area contributed by atoms with Crippen molar-refractivity contribution in [1.82, 2.24) is 15.3 Å². The molecule has 1 heterocycles. The van der Waals surface area contributed by atoms with E-state index in [1.54, 1.807) is 32.4 Å². The van der Waals surface area contributed by atoms with E-state index in [0.29, 0.717) is 17.2 Å². The Hall–Kier alpha value is -3.36. The Labute approximate surface area is 180 Å². The van der Waals surface area contributed by atoms with Crippen LogP contribution in [0.2, 0.25) is 0 Å². The molecule has 0 bridgehead atoms. The smallest absolute Gasteiger partial charge is 0.316 e. The largest absolute Gasteiger partial charge is 0.493 e. The molecule has 1 fully saturated rings. The van der Waals surface area contributed by atoms with Crippen molar-refractivity contribution < 1.29 is 28.1 Å². The number of rotatable bonds is 8. The van der Waals surface area contributed by atoms with Gasteiger partial charge in [0.1, 0.15) is 6.10 Å². The number of carbonyl (C=O) groups is 1. The summed E-state index contributed by atoms with van der Waals surface area (Å²) in [4.78, 5) is 20.0. The average molecular weight is 431 g/mol. The highest BCUT2D eigenvalue weighted by Gasteiger charge is 2.24. The number of aromatic nitrogens is 2. The van der Waals surface area contributed by atoms with Gasteiger partial charge in [0.15, 0.2) is 17.3 Å². The van der Waals surface area contributed by atoms with Gasteiger partial charge in [-0.1, -0.05) is 0 Å². The van der Waals surface area contributed by atoms with Gasteiger partial charge in [0, 0.05) is 12.1 Å². The molecule has 1 aromatic carbocycles. The molecule has 1 saturated carbocycles. The number of carbonyl (C=O) groups excluding carboxylic acids is 1. The van der Waals surface area contributed by atoms with Crippen LogP contribution in [-0.4, -0.2) is 49.4 Å². The van der Waals surface area contributed by atoms with E-state index in [2.05, 4.69) is 15.3 Å². The van der Waals surface area contributed by atoms with Crippen molar-refractivity contribution >= 4 is 12.0 Å². The van der Waals surface area contributed by atoms with Crippen LogP contribution in [0.3, 0.4) is 0 Å². The number of hydrogen-bond donors (Lipinski definition) is 1. The molecule has 2 aromatic rings. The number of nitrogens with one attached hydrogen (secondary N) is 1. The summed E-state index contributed by atoms with van der Waals surface area (Å²) in [5, 5.41) is 3.01. The molecule has 9 heteroatoms. The van der Waals surface area contributed by atoms with E-state index >= 15 is 0 Å². The normalized spacial score (nSPS) is 18.5. The van der Waals surface area contributed by atoms with Crippen LogP contribution in [0.1, 0.15) is 31.2 Å². The van der Waals surface area contributed by atoms with Crippen molar-refractivity contribution in [1.29, 1.82) is 0 Å². The molecule has 1 aliphatic carbocycles. The van der Waals surface area contributed by atoms with E-state index in [-0.39, 0.29) is 24.1 Å². The molecular formula is C22H26FN3O5. The molecule has 3 rings (SSSR count). The second kappa shape index (κ2) is 10.6. The van der Waals surface area contributed by atoms with Crippen molar-refractivity contribution in [3.05, 3.63) is 42.0 Å². The predicted molar refractivity (Wildman–Crippen MR) is 112 cm³/mol. The third kappa shape index (κ3) is 6.07. The molecule has 1 amide bonds. The highest BCUT2D eigenvalue weighted by Crippen LogP contribution is 2.38. The zero-order valence-corrected chi connectivity index (χ0v) is 17.8. The first kappa shape index (κ1) is 22.3. The van der Waals surface area contributed by atoms with E-state index in [9.17, 15) is 9.18 Å². The maximum absolute atomic E-state index is 12.9. The first-order valence-electron chi connectivity index (χ1n) is 9.95. The summed E-state index contributed by atoms with van der Waals surface area (Å²) in [7, 11) is 4.62. The third-order valence-corrected chi connectivity index (χ3v) is 5.00. The summed E-state index contributed by atoms with van der Waals surface area (Å²) >= 11 is 0. The van der Waals surface area contributed by atoms with Gasteiger partial charge >= 0.3 is 6.01 Å². The molecule has 0 atom stereocenters. The summed E-state index contributed by atoms with van der Waals surface area (Å²) in [5.74, 6) is 0.852. The topological polar surface area (TPSA) is 91.8 Å². The number of amides is 1. The van der Waals surface area contributed by atoms with Gasteiger partial charge in [-0.15, -0.1) is 0 Å². The summed E-state index contributed by atoms with van der Waals surface area (Å²) in [6.45, 7) is 0. The molecule has 0 aliphatic heterocycles. The van der Waals surface area contributed by atoms with Crippen LogP contribution < -0.4 is 24.3 Å². The van der Waals surface area contributed by atoms with Gasteiger partial charge in [0.2, 0.25) is 11.7 Å². The quantitative estimate of drug-likeness (QED) is 0.642. The standard InChI is InChI=1S/C22H26FN3O5/c1-28-18-10-14(11-19(29-2)21(18)30-3)4-9-20(27)26-16-5-7-17(8-6-16)31-22-24-12-15(23)13-25-22/h4,9-13,16-17H,5-8H2,1-3H3,(H,26,27)/b9-4+. The molecule has 8 nitrogen and oxygen atoms in total. The minimum Gasteiger partial charge on any atom is -0.493 e. The maximum Gasteiger partial charge on any atom is 0.316 e. The van der Waals surface area contributed by atoms with Crippen molar-refractivity contribution in [3.8, 4) is 23.3 Å². The Morgan fingerprint density at radius 1 is 1.03 bits per heavy atom. The Bertz CT molecular complexity index is 887. The van der Waals surface area contributed by atoms with E-state index in [1.807, 2.05) is 0 Å². The highest BCUT2D eigenvalue weighted by atomic mass is 19.1. The molecule has 166 valence electrons. The van der Waals surface area contributed by atoms with Crippen LogP contribution in [0.4, 0.5) is 4.39 Å². The van der Waals surface area contributed by atoms with Crippen molar-refractivity contribution in [2.75, 3.05) is 21.3 Å². The van der Waals surface area contributed by atoms with Gasteiger partial charge in [-0.05, 0) is 49.5 Å². The average Bonchev–Trinajstić information content (AvgIpc) is 2.79. The first-order chi connectivity index (χ1) is 15.0. The summed E-state index contributed by atoms with van der Waals surface area (Å²) < 4.78 is 34.5. The first-order valence-corrected chi connectivity index (χ1v) is 9.95. The van der Waals surface area contributed by atoms with Crippen LogP contribution in [0.15, 0.2) is 30.6 Å². The van der Waals surface area contributed by atoms with E-state index in [1.165, 1.54) is 13.2 Å². The minimum atomic E-state index is -0.502. The van der Waals surface area contributed by atoms with Gasteiger partial charge in [-0.3, -0.25) is 4.79 Å². The number of hydrogen-bond acceptors (Lipinski definition) is 7. The molecular weight excluding hydrogens is 405 g/mol. The lowest BCUT2D eigenvalue weighted by Gasteiger charge is -2.28. The second-order valence-corrected chi connectivity index (χ2v) is 7.08.